The van der Waals surface area contributed by atoms with Crippen molar-refractivity contribution >= 4 is 16.9 Å². The standard InChI is InChI=1S/C7H10OS/c1-3-4-5-6-7(8)9-2/h3-6H,1-2H3. The molecule has 0 aliphatic rings. The Labute approximate surface area is 59.8 Å². The van der Waals surface area contributed by atoms with Gasteiger partial charge < -0.3 is 0 Å². The number of thioether (sulfide) groups is 1. The molecule has 0 unspecified atom stereocenters. The van der Waals surface area contributed by atoms with Crippen molar-refractivity contribution in [2.75, 3.05) is 6.26 Å². The second-order valence-electron chi connectivity index (χ2n) is 1.41. The molecule has 0 heterocycles. The van der Waals surface area contributed by atoms with Gasteiger partial charge in [0.25, 0.3) is 0 Å². The molecular formula is C7H10OS. The molecule has 0 saturated carbocycles. The molecule has 0 rings (SSSR count). The normalized spacial score (nSPS) is 11.3. The Morgan fingerprint density at radius 1 is 1.44 bits per heavy atom. The molecule has 0 bridgehead atoms. The molecule has 0 aromatic heterocycles. The molecule has 0 saturated heterocycles. The maximum atomic E-state index is 10.5. The highest BCUT2D eigenvalue weighted by atomic mass is 32.2. The lowest BCUT2D eigenvalue weighted by atomic mass is 10.4. The zero-order valence-electron chi connectivity index (χ0n) is 5.63. The first-order valence-corrected chi connectivity index (χ1v) is 3.91. The average Bonchev–Trinajstić information content (AvgIpc) is 1.89. The minimum Gasteiger partial charge on any atom is -0.282 e. The van der Waals surface area contributed by atoms with Crippen LogP contribution in [0.5, 0.6) is 0 Å². The molecule has 1 nitrogen and oxygen atoms in total. The summed E-state index contributed by atoms with van der Waals surface area (Å²) < 4.78 is 0. The minimum absolute atomic E-state index is 0.0908. The Bertz CT molecular complexity index is 136. The third-order valence-corrected chi connectivity index (χ3v) is 1.28. The van der Waals surface area contributed by atoms with Gasteiger partial charge in [0, 0.05) is 0 Å². The average molecular weight is 142 g/mol. The third kappa shape index (κ3) is 5.37. The molecule has 0 amide bonds. The predicted molar refractivity (Wildman–Crippen MR) is 42.5 cm³/mol. The molecule has 9 heavy (non-hydrogen) atoms. The van der Waals surface area contributed by atoms with Crippen LogP contribution in [0.15, 0.2) is 24.3 Å². The van der Waals surface area contributed by atoms with Gasteiger partial charge in [-0.2, -0.15) is 0 Å². The molecule has 0 radical (unpaired) electrons. The maximum absolute atomic E-state index is 10.5. The summed E-state index contributed by atoms with van der Waals surface area (Å²) in [5.41, 5.74) is 0. The molecule has 0 aliphatic heterocycles. The van der Waals surface area contributed by atoms with Crippen LogP contribution in [0.2, 0.25) is 0 Å². The molecule has 0 aromatic carbocycles. The SMILES string of the molecule is CC=CC=CC(=O)SC. The Morgan fingerprint density at radius 2 is 2.11 bits per heavy atom. The quantitative estimate of drug-likeness (QED) is 0.433. The van der Waals surface area contributed by atoms with E-state index in [9.17, 15) is 4.79 Å². The fourth-order valence-electron chi connectivity index (χ4n) is 0.313. The van der Waals surface area contributed by atoms with Crippen LogP contribution < -0.4 is 0 Å². The van der Waals surface area contributed by atoms with Gasteiger partial charge in [0.05, 0.1) is 0 Å². The molecule has 50 valence electrons. The van der Waals surface area contributed by atoms with Crippen LogP contribution in [0.1, 0.15) is 6.92 Å². The second-order valence-corrected chi connectivity index (χ2v) is 2.22. The fraction of sp³-hybridized carbons (Fsp3) is 0.286. The van der Waals surface area contributed by atoms with Gasteiger partial charge in [-0.1, -0.05) is 30.0 Å². The van der Waals surface area contributed by atoms with Crippen LogP contribution in [0.25, 0.3) is 0 Å². The van der Waals surface area contributed by atoms with E-state index in [2.05, 4.69) is 0 Å². The lowest BCUT2D eigenvalue weighted by Gasteiger charge is -1.79. The van der Waals surface area contributed by atoms with E-state index in [1.807, 2.05) is 19.1 Å². The van der Waals surface area contributed by atoms with E-state index in [4.69, 9.17) is 0 Å². The fourth-order valence-corrected chi connectivity index (χ4v) is 0.528. The zero-order chi connectivity index (χ0) is 7.11. The van der Waals surface area contributed by atoms with Crippen LogP contribution in [-0.4, -0.2) is 11.4 Å². The summed E-state index contributed by atoms with van der Waals surface area (Å²) in [7, 11) is 0. The van der Waals surface area contributed by atoms with Gasteiger partial charge in [-0.15, -0.1) is 0 Å². The lowest BCUT2D eigenvalue weighted by Crippen LogP contribution is -1.78. The molecule has 0 N–H and O–H groups in total. The highest BCUT2D eigenvalue weighted by Crippen LogP contribution is 1.94. The molecule has 0 fully saturated rings. The number of carbonyl (C=O) groups excluding carboxylic acids is 1. The van der Waals surface area contributed by atoms with E-state index in [1.165, 1.54) is 11.8 Å². The van der Waals surface area contributed by atoms with Crippen molar-refractivity contribution in [1.82, 2.24) is 0 Å². The van der Waals surface area contributed by atoms with Gasteiger partial charge in [-0.05, 0) is 19.3 Å². The summed E-state index contributed by atoms with van der Waals surface area (Å²) in [6.07, 6.45) is 8.75. The van der Waals surface area contributed by atoms with E-state index >= 15 is 0 Å². The van der Waals surface area contributed by atoms with Crippen molar-refractivity contribution < 1.29 is 4.79 Å². The van der Waals surface area contributed by atoms with Crippen molar-refractivity contribution in [3.05, 3.63) is 24.3 Å². The van der Waals surface area contributed by atoms with E-state index in [0.29, 0.717) is 0 Å². The van der Waals surface area contributed by atoms with Crippen LogP contribution in [-0.2, 0) is 4.79 Å². The van der Waals surface area contributed by atoms with Gasteiger partial charge in [0.15, 0.2) is 0 Å². The monoisotopic (exact) mass is 142 g/mol. The van der Waals surface area contributed by atoms with Crippen LogP contribution >= 0.6 is 11.8 Å². The van der Waals surface area contributed by atoms with Gasteiger partial charge in [0.2, 0.25) is 5.12 Å². The first-order chi connectivity index (χ1) is 4.31. The van der Waals surface area contributed by atoms with Crippen molar-refractivity contribution in [3.8, 4) is 0 Å². The Kier molecular flexibility index (Phi) is 5.32. The molecule has 0 spiro atoms. The van der Waals surface area contributed by atoms with Crippen molar-refractivity contribution in [1.29, 1.82) is 0 Å². The van der Waals surface area contributed by atoms with Crippen LogP contribution in [0, 0.1) is 0 Å². The smallest absolute Gasteiger partial charge is 0.211 e. The van der Waals surface area contributed by atoms with E-state index in [0.717, 1.165) is 0 Å². The molecule has 2 heteroatoms. The van der Waals surface area contributed by atoms with Crippen molar-refractivity contribution in [2.45, 2.75) is 6.92 Å². The van der Waals surface area contributed by atoms with Crippen LogP contribution in [0.4, 0.5) is 0 Å². The Hall–Kier alpha value is -0.500. The first-order valence-electron chi connectivity index (χ1n) is 2.68. The number of carbonyl (C=O) groups is 1. The van der Waals surface area contributed by atoms with Gasteiger partial charge in [0.1, 0.15) is 0 Å². The Morgan fingerprint density at radius 3 is 2.56 bits per heavy atom. The highest BCUT2D eigenvalue weighted by Gasteiger charge is 1.85. The maximum Gasteiger partial charge on any atom is 0.211 e. The van der Waals surface area contributed by atoms with E-state index < -0.39 is 0 Å². The van der Waals surface area contributed by atoms with Gasteiger partial charge in [-0.3, -0.25) is 4.79 Å². The molecular weight excluding hydrogens is 132 g/mol. The van der Waals surface area contributed by atoms with Crippen LogP contribution in [0.3, 0.4) is 0 Å². The topological polar surface area (TPSA) is 17.1 Å². The number of rotatable bonds is 2. The minimum atomic E-state index is 0.0908. The van der Waals surface area contributed by atoms with Gasteiger partial charge >= 0.3 is 0 Å². The number of hydrogen-bond acceptors (Lipinski definition) is 2. The van der Waals surface area contributed by atoms with E-state index in [1.54, 1.807) is 18.4 Å². The molecule has 0 aliphatic carbocycles. The largest absolute Gasteiger partial charge is 0.282 e. The Balaban J connectivity index is 3.57. The number of allylic oxidation sites excluding steroid dienone is 3. The number of hydrogen-bond donors (Lipinski definition) is 0. The first kappa shape index (κ1) is 8.50. The van der Waals surface area contributed by atoms with Crippen molar-refractivity contribution in [2.24, 2.45) is 0 Å². The summed E-state index contributed by atoms with van der Waals surface area (Å²) in [5.74, 6) is 0. The van der Waals surface area contributed by atoms with E-state index in [-0.39, 0.29) is 5.12 Å². The predicted octanol–water partition coefficient (Wildman–Crippen LogP) is 2.01. The van der Waals surface area contributed by atoms with Gasteiger partial charge in [-0.25, -0.2) is 0 Å². The third-order valence-electron chi connectivity index (χ3n) is 0.737. The second kappa shape index (κ2) is 5.63. The molecule has 0 aromatic rings. The summed E-state index contributed by atoms with van der Waals surface area (Å²) in [5, 5.41) is 0.0908. The summed E-state index contributed by atoms with van der Waals surface area (Å²) in [6.45, 7) is 1.91. The summed E-state index contributed by atoms with van der Waals surface area (Å²) in [6, 6.07) is 0. The summed E-state index contributed by atoms with van der Waals surface area (Å²) in [4.78, 5) is 10.5. The van der Waals surface area contributed by atoms with Crippen molar-refractivity contribution in [3.63, 3.8) is 0 Å². The molecule has 0 atom stereocenters. The summed E-state index contributed by atoms with van der Waals surface area (Å²) >= 11 is 1.22. The lowest BCUT2D eigenvalue weighted by molar-refractivity contribution is -0.107. The highest BCUT2D eigenvalue weighted by molar-refractivity contribution is 8.13. The zero-order valence-corrected chi connectivity index (χ0v) is 6.44.